The largest absolute Gasteiger partial charge is 0.472 e. The molecule has 32 heavy (non-hydrogen) atoms. The average molecular weight is 430 g/mol. The number of carbonyl (C=O) groups excluding carboxylic acids is 1. The minimum absolute atomic E-state index is 0.287. The van der Waals surface area contributed by atoms with E-state index in [2.05, 4.69) is 33.2 Å². The molecule has 0 spiro atoms. The summed E-state index contributed by atoms with van der Waals surface area (Å²) in [6, 6.07) is 11.9. The number of pyridine rings is 1. The van der Waals surface area contributed by atoms with Crippen LogP contribution in [0.15, 0.2) is 65.7 Å². The van der Waals surface area contributed by atoms with E-state index in [0.29, 0.717) is 11.5 Å². The first-order valence-corrected chi connectivity index (χ1v) is 11.1. The Balaban J connectivity index is 1.29. The number of rotatable bonds is 6. The molecule has 0 aliphatic carbocycles. The molecule has 1 saturated heterocycles. The van der Waals surface area contributed by atoms with Crippen molar-refractivity contribution in [2.24, 2.45) is 0 Å². The van der Waals surface area contributed by atoms with Gasteiger partial charge in [0.05, 0.1) is 25.2 Å². The Morgan fingerprint density at radius 1 is 1.22 bits per heavy atom. The zero-order valence-electron chi connectivity index (χ0n) is 18.2. The van der Waals surface area contributed by atoms with Gasteiger partial charge in [-0.15, -0.1) is 0 Å². The van der Waals surface area contributed by atoms with Crippen LogP contribution < -0.4 is 0 Å². The van der Waals surface area contributed by atoms with Crippen LogP contribution in [0.1, 0.15) is 51.4 Å². The molecule has 0 saturated carbocycles. The number of ether oxygens (including phenoxy) is 1. The van der Waals surface area contributed by atoms with E-state index in [1.54, 1.807) is 12.3 Å². The molecule has 0 atom stereocenters. The third kappa shape index (κ3) is 4.18. The fourth-order valence-electron chi connectivity index (χ4n) is 4.81. The van der Waals surface area contributed by atoms with Crippen LogP contribution in [0.4, 0.5) is 0 Å². The highest BCUT2D eigenvalue weighted by Crippen LogP contribution is 2.35. The maximum absolute atomic E-state index is 11.8. The lowest BCUT2D eigenvalue weighted by molar-refractivity contribution is 0.0600. The fourth-order valence-corrected chi connectivity index (χ4v) is 4.81. The first-order valence-electron chi connectivity index (χ1n) is 11.1. The Bertz CT molecular complexity index is 1200. The Kier molecular flexibility index (Phi) is 5.77. The molecule has 0 unspecified atom stereocenters. The van der Waals surface area contributed by atoms with Gasteiger partial charge in [-0.2, -0.15) is 0 Å². The van der Waals surface area contributed by atoms with Crippen LogP contribution >= 0.6 is 0 Å². The summed E-state index contributed by atoms with van der Waals surface area (Å²) in [5.41, 5.74) is 6.55. The van der Waals surface area contributed by atoms with Gasteiger partial charge in [-0.1, -0.05) is 12.1 Å². The third-order valence-electron chi connectivity index (χ3n) is 6.45. The highest BCUT2D eigenvalue weighted by molar-refractivity contribution is 5.89. The fraction of sp³-hybridized carbons (Fsp3) is 0.308. The second-order valence-electron chi connectivity index (χ2n) is 8.49. The van der Waals surface area contributed by atoms with Crippen molar-refractivity contribution in [3.8, 4) is 0 Å². The number of methoxy groups -OCH3 is 1. The van der Waals surface area contributed by atoms with Crippen molar-refractivity contribution >= 4 is 17.0 Å². The van der Waals surface area contributed by atoms with Crippen LogP contribution in [0.3, 0.4) is 0 Å². The number of nitrogens with zero attached hydrogens (tertiary/aromatic N) is 2. The lowest BCUT2D eigenvalue weighted by atomic mass is 9.87. The van der Waals surface area contributed by atoms with Crippen LogP contribution in [0.5, 0.6) is 0 Å². The van der Waals surface area contributed by atoms with Gasteiger partial charge in [0, 0.05) is 30.7 Å². The third-order valence-corrected chi connectivity index (χ3v) is 6.45. The van der Waals surface area contributed by atoms with E-state index in [4.69, 9.17) is 9.15 Å². The van der Waals surface area contributed by atoms with Crippen LogP contribution in [0, 0.1) is 0 Å². The van der Waals surface area contributed by atoms with E-state index in [-0.39, 0.29) is 5.97 Å². The molecular formula is C26H27N3O3. The van der Waals surface area contributed by atoms with E-state index in [1.807, 2.05) is 30.7 Å². The maximum Gasteiger partial charge on any atom is 0.337 e. The first kappa shape index (κ1) is 20.5. The summed E-state index contributed by atoms with van der Waals surface area (Å²) < 4.78 is 10.1. The molecule has 1 N–H and O–H groups in total. The Hall–Kier alpha value is -3.38. The molecule has 5 rings (SSSR count). The highest BCUT2D eigenvalue weighted by atomic mass is 16.5. The smallest absolute Gasteiger partial charge is 0.337 e. The molecule has 1 aliphatic rings. The summed E-state index contributed by atoms with van der Waals surface area (Å²) in [5, 5.41) is 1.26. The zero-order chi connectivity index (χ0) is 21.9. The first-order chi connectivity index (χ1) is 15.7. The molecular weight excluding hydrogens is 402 g/mol. The number of fused-ring (bicyclic) bond motifs is 1. The number of aromatic amines is 1. The van der Waals surface area contributed by atoms with Crippen LogP contribution in [-0.4, -0.2) is 41.0 Å². The molecule has 0 bridgehead atoms. The van der Waals surface area contributed by atoms with Crippen molar-refractivity contribution in [3.05, 3.63) is 89.1 Å². The van der Waals surface area contributed by atoms with Gasteiger partial charge < -0.3 is 14.1 Å². The highest BCUT2D eigenvalue weighted by Gasteiger charge is 2.24. The van der Waals surface area contributed by atoms with Gasteiger partial charge in [-0.05, 0) is 78.4 Å². The van der Waals surface area contributed by atoms with Crippen LogP contribution in [0.2, 0.25) is 0 Å². The number of hydrogen-bond donors (Lipinski definition) is 1. The van der Waals surface area contributed by atoms with Crippen molar-refractivity contribution in [3.63, 3.8) is 0 Å². The maximum atomic E-state index is 11.8. The number of H-pyrrole nitrogens is 1. The Labute approximate surface area is 187 Å². The molecule has 6 heteroatoms. The van der Waals surface area contributed by atoms with Crippen molar-refractivity contribution < 1.29 is 13.9 Å². The van der Waals surface area contributed by atoms with E-state index in [1.165, 1.54) is 29.2 Å². The summed E-state index contributed by atoms with van der Waals surface area (Å²) in [7, 11) is 1.42. The summed E-state index contributed by atoms with van der Waals surface area (Å²) in [6.07, 6.45) is 10.6. The predicted molar refractivity (Wildman–Crippen MR) is 123 cm³/mol. The molecule has 1 fully saturated rings. The molecule has 164 valence electrons. The lowest BCUT2D eigenvalue weighted by Crippen LogP contribution is -2.32. The Morgan fingerprint density at radius 2 is 2.09 bits per heavy atom. The molecule has 0 amide bonds. The SMILES string of the molecule is COC(=O)c1cccc(CN2CCC(c3c[nH]c4nccc(Cc5ccoc5)c34)CC2)c1. The molecule has 4 heterocycles. The van der Waals surface area contributed by atoms with Crippen LogP contribution in [0.25, 0.3) is 11.0 Å². The molecule has 0 radical (unpaired) electrons. The Morgan fingerprint density at radius 3 is 2.88 bits per heavy atom. The number of esters is 1. The molecule has 4 aromatic rings. The normalized spacial score (nSPS) is 15.3. The molecule has 6 nitrogen and oxygen atoms in total. The van der Waals surface area contributed by atoms with Crippen molar-refractivity contribution in [2.45, 2.75) is 31.7 Å². The van der Waals surface area contributed by atoms with E-state index >= 15 is 0 Å². The molecule has 1 aromatic carbocycles. The monoisotopic (exact) mass is 429 g/mol. The van der Waals surface area contributed by atoms with Gasteiger partial charge >= 0.3 is 5.97 Å². The van der Waals surface area contributed by atoms with Gasteiger partial charge in [0.1, 0.15) is 5.65 Å². The summed E-state index contributed by atoms with van der Waals surface area (Å²) in [4.78, 5) is 22.2. The van der Waals surface area contributed by atoms with E-state index < -0.39 is 0 Å². The van der Waals surface area contributed by atoms with Crippen molar-refractivity contribution in [2.75, 3.05) is 20.2 Å². The average Bonchev–Trinajstić information content (AvgIpc) is 3.50. The van der Waals surface area contributed by atoms with Gasteiger partial charge in [0.2, 0.25) is 0 Å². The summed E-state index contributed by atoms with van der Waals surface area (Å²) >= 11 is 0. The molecule has 1 aliphatic heterocycles. The van der Waals surface area contributed by atoms with Crippen molar-refractivity contribution in [1.29, 1.82) is 0 Å². The van der Waals surface area contributed by atoms with E-state index in [9.17, 15) is 4.79 Å². The van der Waals surface area contributed by atoms with E-state index in [0.717, 1.165) is 50.1 Å². The van der Waals surface area contributed by atoms with Crippen molar-refractivity contribution in [1.82, 2.24) is 14.9 Å². The molecule has 3 aromatic heterocycles. The second kappa shape index (κ2) is 9.01. The van der Waals surface area contributed by atoms with Gasteiger partial charge in [-0.3, -0.25) is 4.90 Å². The van der Waals surface area contributed by atoms with Gasteiger partial charge in [0.15, 0.2) is 0 Å². The minimum atomic E-state index is -0.287. The lowest BCUT2D eigenvalue weighted by Gasteiger charge is -2.32. The quantitative estimate of drug-likeness (QED) is 0.441. The van der Waals surface area contributed by atoms with Crippen LogP contribution in [-0.2, 0) is 17.7 Å². The summed E-state index contributed by atoms with van der Waals surface area (Å²) in [6.45, 7) is 2.90. The number of benzene rings is 1. The zero-order valence-corrected chi connectivity index (χ0v) is 18.2. The van der Waals surface area contributed by atoms with Gasteiger partial charge in [0.25, 0.3) is 0 Å². The minimum Gasteiger partial charge on any atom is -0.472 e. The number of piperidine rings is 1. The number of hydrogen-bond acceptors (Lipinski definition) is 5. The number of likely N-dealkylation sites (tertiary alicyclic amines) is 1. The predicted octanol–water partition coefficient (Wildman–Crippen LogP) is 4.91. The standard InChI is InChI=1S/C26H27N3O3/c1-31-26(30)22-4-2-3-18(13-22)16-29-10-6-20(7-11-29)23-15-28-25-24(23)21(5-9-27-25)14-19-8-12-32-17-19/h2-5,8-9,12-13,15,17,20H,6-7,10-11,14,16H2,1H3,(H,27,28). The second-order valence-corrected chi connectivity index (χ2v) is 8.49. The summed E-state index contributed by atoms with van der Waals surface area (Å²) in [5.74, 6) is 0.221. The number of aromatic nitrogens is 2. The number of nitrogens with one attached hydrogen (secondary N) is 1. The topological polar surface area (TPSA) is 71.4 Å². The number of furan rings is 1. The number of carbonyl (C=O) groups is 1. The van der Waals surface area contributed by atoms with Gasteiger partial charge in [-0.25, -0.2) is 9.78 Å².